The normalized spacial score (nSPS) is 11.8. The minimum Gasteiger partial charge on any atom is -0.497 e. The Balaban J connectivity index is 1.38. The number of rotatable bonds is 14. The van der Waals surface area contributed by atoms with Crippen LogP contribution >= 0.6 is 15.9 Å². The molecule has 4 amide bonds. The highest BCUT2D eigenvalue weighted by Gasteiger charge is 2.28. The van der Waals surface area contributed by atoms with Gasteiger partial charge in [0, 0.05) is 53.9 Å². The Morgan fingerprint density at radius 1 is 0.566 bits per heavy atom. The molecule has 2 N–H and O–H groups in total. The largest absolute Gasteiger partial charge is 0.497 e. The van der Waals surface area contributed by atoms with Crippen LogP contribution in [0.25, 0.3) is 0 Å². The first-order chi connectivity index (χ1) is 25.6. The van der Waals surface area contributed by atoms with E-state index in [-0.39, 0.29) is 35.8 Å². The summed E-state index contributed by atoms with van der Waals surface area (Å²) in [5, 5.41) is 5.81. The number of methoxy groups -OCH3 is 2. The van der Waals surface area contributed by atoms with Gasteiger partial charge < -0.3 is 29.9 Å². The number of hydrogen-bond donors (Lipinski definition) is 2. The third kappa shape index (κ3) is 10.1. The smallest absolute Gasteiger partial charge is 0.252 e. The molecule has 0 saturated carbocycles. The van der Waals surface area contributed by atoms with E-state index in [2.05, 4.69) is 26.6 Å². The second-order valence-electron chi connectivity index (χ2n) is 12.4. The molecule has 0 aliphatic heterocycles. The van der Waals surface area contributed by atoms with E-state index in [4.69, 9.17) is 9.47 Å². The van der Waals surface area contributed by atoms with Crippen molar-refractivity contribution < 1.29 is 28.7 Å². The number of halogens is 1. The summed E-state index contributed by atoms with van der Waals surface area (Å²) in [6.07, 6.45) is 0.469. The van der Waals surface area contributed by atoms with Gasteiger partial charge in [0.25, 0.3) is 11.8 Å². The molecule has 0 unspecified atom stereocenters. The first kappa shape index (κ1) is 38.3. The number of benzene rings is 5. The molecule has 5 aromatic carbocycles. The van der Waals surface area contributed by atoms with Crippen LogP contribution in [-0.4, -0.2) is 64.0 Å². The number of amides is 4. The summed E-state index contributed by atoms with van der Waals surface area (Å²) in [4.78, 5) is 58.5. The Kier molecular flexibility index (Phi) is 13.0. The highest BCUT2D eigenvalue weighted by atomic mass is 79.9. The van der Waals surface area contributed by atoms with Crippen molar-refractivity contribution in [1.29, 1.82) is 0 Å². The summed E-state index contributed by atoms with van der Waals surface area (Å²) in [5.41, 5.74) is 3.28. The van der Waals surface area contributed by atoms with Crippen LogP contribution < -0.4 is 29.9 Å². The van der Waals surface area contributed by atoms with Crippen LogP contribution in [-0.2, 0) is 22.4 Å². The SMILES string of the molecule is COc1ccc(N(C)C(=O)[C@H](Cc2ccccc2)NC(=O)c2cc(Br)cc(C(=O)N[C@@H](Cc3ccccc3)C(=O)N(C)c3ccc(OC)cc3)c2)cc1. The molecule has 0 heterocycles. The maximum absolute atomic E-state index is 13.9. The molecule has 2 atom stereocenters. The van der Waals surface area contributed by atoms with Gasteiger partial charge in [-0.05, 0) is 77.9 Å². The molecule has 0 radical (unpaired) electrons. The number of carbonyl (C=O) groups is 4. The Hall–Kier alpha value is -5.94. The van der Waals surface area contributed by atoms with Crippen molar-refractivity contribution in [2.24, 2.45) is 0 Å². The van der Waals surface area contributed by atoms with Gasteiger partial charge in [0.15, 0.2) is 0 Å². The fourth-order valence-electron chi connectivity index (χ4n) is 5.77. The first-order valence-electron chi connectivity index (χ1n) is 16.9. The van der Waals surface area contributed by atoms with Crippen molar-refractivity contribution >= 4 is 50.9 Å². The second kappa shape index (κ2) is 18.0. The fourth-order valence-corrected chi connectivity index (χ4v) is 6.26. The van der Waals surface area contributed by atoms with E-state index in [0.717, 1.165) is 11.1 Å². The predicted octanol–water partition coefficient (Wildman–Crippen LogP) is 6.47. The molecule has 0 aliphatic carbocycles. The average Bonchev–Trinajstić information content (AvgIpc) is 3.19. The molecule has 0 spiro atoms. The van der Waals surface area contributed by atoms with Crippen LogP contribution in [0.1, 0.15) is 31.8 Å². The van der Waals surface area contributed by atoms with Gasteiger partial charge >= 0.3 is 0 Å². The quantitative estimate of drug-likeness (QED) is 0.134. The van der Waals surface area contributed by atoms with Crippen LogP contribution in [0.15, 0.2) is 132 Å². The van der Waals surface area contributed by atoms with Crippen LogP contribution in [0.4, 0.5) is 11.4 Å². The molecule has 53 heavy (non-hydrogen) atoms. The predicted molar refractivity (Wildman–Crippen MR) is 210 cm³/mol. The zero-order valence-electron chi connectivity index (χ0n) is 29.9. The van der Waals surface area contributed by atoms with Gasteiger partial charge in [0.05, 0.1) is 14.2 Å². The molecule has 10 nitrogen and oxygen atoms in total. The van der Waals surface area contributed by atoms with Crippen LogP contribution in [0, 0.1) is 0 Å². The van der Waals surface area contributed by atoms with Gasteiger partial charge in [-0.3, -0.25) is 19.2 Å². The van der Waals surface area contributed by atoms with Crippen molar-refractivity contribution in [3.63, 3.8) is 0 Å². The number of likely N-dealkylation sites (N-methyl/N-ethyl adjacent to an activating group) is 2. The summed E-state index contributed by atoms with van der Waals surface area (Å²) < 4.78 is 11.0. The standard InChI is InChI=1S/C42H41BrN4O6/c1-46(33-15-19-35(52-3)20-16-33)41(50)37(23-28-11-7-5-8-12-28)44-39(48)30-25-31(27-32(43)26-30)40(49)45-38(24-29-13-9-6-10-14-29)42(51)47(2)34-17-21-36(53-4)22-18-34/h5-22,25-27,37-38H,23-24H2,1-4H3,(H,44,48)(H,45,49)/t37-,38-/m0/s1. The minimum atomic E-state index is -0.936. The molecule has 0 aliphatic rings. The van der Waals surface area contributed by atoms with E-state index in [0.29, 0.717) is 27.3 Å². The van der Waals surface area contributed by atoms with Gasteiger partial charge in [-0.15, -0.1) is 0 Å². The monoisotopic (exact) mass is 776 g/mol. The molecule has 11 heteroatoms. The third-order valence-corrected chi connectivity index (χ3v) is 9.23. The number of hydrogen-bond acceptors (Lipinski definition) is 6. The molecule has 5 rings (SSSR count). The van der Waals surface area contributed by atoms with Crippen molar-refractivity contribution in [2.45, 2.75) is 24.9 Å². The summed E-state index contributed by atoms with van der Waals surface area (Å²) >= 11 is 3.45. The lowest BCUT2D eigenvalue weighted by Gasteiger charge is -2.26. The third-order valence-electron chi connectivity index (χ3n) is 8.77. The topological polar surface area (TPSA) is 117 Å². The molecule has 0 aromatic heterocycles. The highest BCUT2D eigenvalue weighted by Crippen LogP contribution is 2.22. The maximum atomic E-state index is 13.9. The molecular formula is C42H41BrN4O6. The number of nitrogens with zero attached hydrogens (tertiary/aromatic N) is 2. The number of carbonyl (C=O) groups excluding carboxylic acids is 4. The maximum Gasteiger partial charge on any atom is 0.252 e. The van der Waals surface area contributed by atoms with Crippen molar-refractivity contribution in [3.05, 3.63) is 154 Å². The average molecular weight is 778 g/mol. The Labute approximate surface area is 317 Å². The van der Waals surface area contributed by atoms with E-state index in [1.165, 1.54) is 15.9 Å². The lowest BCUT2D eigenvalue weighted by atomic mass is 10.0. The zero-order chi connectivity index (χ0) is 37.9. The molecular weight excluding hydrogens is 736 g/mol. The first-order valence-corrected chi connectivity index (χ1v) is 17.7. The van der Waals surface area contributed by atoms with E-state index >= 15 is 0 Å². The van der Waals surface area contributed by atoms with Gasteiger partial charge in [0.2, 0.25) is 11.8 Å². The Morgan fingerprint density at radius 3 is 1.26 bits per heavy atom. The summed E-state index contributed by atoms with van der Waals surface area (Å²) in [6, 6.07) is 35.6. The van der Waals surface area contributed by atoms with E-state index in [9.17, 15) is 19.2 Å². The number of ether oxygens (including phenoxy) is 2. The minimum absolute atomic E-state index is 0.156. The van der Waals surface area contributed by atoms with E-state index < -0.39 is 23.9 Å². The highest BCUT2D eigenvalue weighted by molar-refractivity contribution is 9.10. The Morgan fingerprint density at radius 2 is 0.925 bits per heavy atom. The van der Waals surface area contributed by atoms with Gasteiger partial charge in [-0.2, -0.15) is 0 Å². The summed E-state index contributed by atoms with van der Waals surface area (Å²) in [6.45, 7) is 0. The van der Waals surface area contributed by atoms with Gasteiger partial charge in [0.1, 0.15) is 23.6 Å². The number of nitrogens with one attached hydrogen (secondary N) is 2. The Bertz CT molecular complexity index is 1880. The molecule has 0 bridgehead atoms. The van der Waals surface area contributed by atoms with Crippen LogP contribution in [0.5, 0.6) is 11.5 Å². The zero-order valence-corrected chi connectivity index (χ0v) is 31.5. The second-order valence-corrected chi connectivity index (χ2v) is 13.3. The lowest BCUT2D eigenvalue weighted by Crippen LogP contribution is -2.49. The fraction of sp³-hybridized carbons (Fsp3) is 0.190. The lowest BCUT2D eigenvalue weighted by molar-refractivity contribution is -0.120. The summed E-state index contributed by atoms with van der Waals surface area (Å²) in [7, 11) is 6.43. The van der Waals surface area contributed by atoms with E-state index in [1.54, 1.807) is 89.0 Å². The van der Waals surface area contributed by atoms with Crippen LogP contribution in [0.3, 0.4) is 0 Å². The van der Waals surface area contributed by atoms with Crippen molar-refractivity contribution in [2.75, 3.05) is 38.1 Å². The van der Waals surface area contributed by atoms with Crippen molar-refractivity contribution in [3.8, 4) is 11.5 Å². The molecule has 0 fully saturated rings. The molecule has 272 valence electrons. The number of anilines is 2. The van der Waals surface area contributed by atoms with Gasteiger partial charge in [-0.25, -0.2) is 0 Å². The molecule has 0 saturated heterocycles. The molecule has 5 aromatic rings. The van der Waals surface area contributed by atoms with Crippen LogP contribution in [0.2, 0.25) is 0 Å². The van der Waals surface area contributed by atoms with Crippen molar-refractivity contribution in [1.82, 2.24) is 10.6 Å². The van der Waals surface area contributed by atoms with E-state index in [1.807, 2.05) is 60.7 Å². The summed E-state index contributed by atoms with van der Waals surface area (Å²) in [5.74, 6) is -0.452. The van der Waals surface area contributed by atoms with Gasteiger partial charge in [-0.1, -0.05) is 76.6 Å².